The summed E-state index contributed by atoms with van der Waals surface area (Å²) < 4.78 is 16.0. The van der Waals surface area contributed by atoms with E-state index < -0.39 is 5.82 Å². The van der Waals surface area contributed by atoms with E-state index in [1.807, 2.05) is 18.2 Å². The Bertz CT molecular complexity index is 1340. The van der Waals surface area contributed by atoms with E-state index in [0.717, 1.165) is 51.1 Å². The molecule has 0 radical (unpaired) electrons. The van der Waals surface area contributed by atoms with Crippen molar-refractivity contribution in [2.24, 2.45) is 11.8 Å². The fraction of sp³-hybridized carbons (Fsp3) is 0.385. The van der Waals surface area contributed by atoms with Gasteiger partial charge in [-0.05, 0) is 74.5 Å². The van der Waals surface area contributed by atoms with Crippen molar-refractivity contribution in [1.82, 2.24) is 19.9 Å². The third-order valence-electron chi connectivity index (χ3n) is 7.31. The van der Waals surface area contributed by atoms with Crippen LogP contribution in [-0.4, -0.2) is 40.7 Å². The number of rotatable bonds is 4. The Kier molecular flexibility index (Phi) is 5.15. The van der Waals surface area contributed by atoms with Crippen molar-refractivity contribution in [1.29, 1.82) is 5.26 Å². The van der Waals surface area contributed by atoms with Crippen LogP contribution in [0.15, 0.2) is 47.4 Å². The first-order chi connectivity index (χ1) is 16.6. The van der Waals surface area contributed by atoms with Crippen molar-refractivity contribution >= 4 is 5.82 Å². The number of hydrogen-bond acceptors (Lipinski definition) is 6. The van der Waals surface area contributed by atoms with Gasteiger partial charge in [0.15, 0.2) is 0 Å². The van der Waals surface area contributed by atoms with Crippen molar-refractivity contribution in [3.63, 3.8) is 0 Å². The average molecular weight is 457 g/mol. The van der Waals surface area contributed by atoms with Gasteiger partial charge in [0.05, 0.1) is 17.4 Å². The molecule has 1 N–H and O–H groups in total. The van der Waals surface area contributed by atoms with E-state index in [0.29, 0.717) is 40.6 Å². The standard InChI is InChI=1S/C26H25FN6O/c27-22-9-17(3-4-18(22)11-28)26-31-24(32-8-7-19-12-29-13-20(19)15-32)10-25(34)33(26)21-5-6-23(30-14-21)16-1-2-16/h3-6,9-10,14,16,19-20,29H,1-2,7-8,12-13,15H2. The number of fused-ring (bicyclic) bond motifs is 1. The number of hydrogen-bond donors (Lipinski definition) is 1. The third kappa shape index (κ3) is 3.76. The number of nitrogens with one attached hydrogen (secondary N) is 1. The lowest BCUT2D eigenvalue weighted by molar-refractivity contribution is 0.347. The Hall–Kier alpha value is -3.57. The fourth-order valence-corrected chi connectivity index (χ4v) is 5.21. The van der Waals surface area contributed by atoms with E-state index >= 15 is 0 Å². The smallest absolute Gasteiger partial charge is 0.260 e. The summed E-state index contributed by atoms with van der Waals surface area (Å²) in [6.07, 6.45) is 5.03. The maximum absolute atomic E-state index is 14.6. The molecule has 1 saturated carbocycles. The van der Waals surface area contributed by atoms with E-state index in [4.69, 9.17) is 10.2 Å². The van der Waals surface area contributed by atoms with Gasteiger partial charge in [0.1, 0.15) is 23.5 Å². The maximum Gasteiger partial charge on any atom is 0.260 e. The number of anilines is 1. The second-order valence-corrected chi connectivity index (χ2v) is 9.55. The van der Waals surface area contributed by atoms with Crippen molar-refractivity contribution in [3.05, 3.63) is 70.0 Å². The highest BCUT2D eigenvalue weighted by Gasteiger charge is 2.33. The van der Waals surface area contributed by atoms with Crippen LogP contribution < -0.4 is 15.8 Å². The first-order valence-electron chi connectivity index (χ1n) is 11.9. The van der Waals surface area contributed by atoms with Gasteiger partial charge in [-0.1, -0.05) is 0 Å². The second kappa shape index (κ2) is 8.33. The summed E-state index contributed by atoms with van der Waals surface area (Å²) in [5.41, 5.74) is 1.78. The number of nitrogens with zero attached hydrogens (tertiary/aromatic N) is 5. The fourth-order valence-electron chi connectivity index (χ4n) is 5.21. The highest BCUT2D eigenvalue weighted by Crippen LogP contribution is 2.39. The number of pyridine rings is 1. The van der Waals surface area contributed by atoms with E-state index in [1.54, 1.807) is 18.3 Å². The minimum absolute atomic E-state index is 0.0416. The van der Waals surface area contributed by atoms with Crippen LogP contribution in [-0.2, 0) is 0 Å². The summed E-state index contributed by atoms with van der Waals surface area (Å²) in [6.45, 7) is 3.70. The number of aromatic nitrogens is 3. The first-order valence-corrected chi connectivity index (χ1v) is 11.9. The van der Waals surface area contributed by atoms with E-state index in [-0.39, 0.29) is 11.1 Å². The molecule has 8 heteroatoms. The monoisotopic (exact) mass is 456 g/mol. The number of nitriles is 1. The van der Waals surface area contributed by atoms with Gasteiger partial charge in [-0.25, -0.2) is 9.37 Å². The van der Waals surface area contributed by atoms with Gasteiger partial charge in [0.2, 0.25) is 0 Å². The maximum atomic E-state index is 14.6. The molecular weight excluding hydrogens is 431 g/mol. The molecule has 0 amide bonds. The molecule has 34 heavy (non-hydrogen) atoms. The summed E-state index contributed by atoms with van der Waals surface area (Å²) in [4.78, 5) is 25.1. The van der Waals surface area contributed by atoms with Crippen molar-refractivity contribution in [2.45, 2.75) is 25.2 Å². The molecule has 2 aliphatic heterocycles. The van der Waals surface area contributed by atoms with Gasteiger partial charge in [-0.15, -0.1) is 0 Å². The van der Waals surface area contributed by atoms with Crippen molar-refractivity contribution < 1.29 is 4.39 Å². The molecule has 2 atom stereocenters. The minimum atomic E-state index is -0.633. The van der Waals surface area contributed by atoms with E-state index in [2.05, 4.69) is 15.2 Å². The largest absolute Gasteiger partial charge is 0.356 e. The van der Waals surface area contributed by atoms with Crippen LogP contribution in [0, 0.1) is 29.0 Å². The summed E-state index contributed by atoms with van der Waals surface area (Å²) in [7, 11) is 0. The third-order valence-corrected chi connectivity index (χ3v) is 7.31. The van der Waals surface area contributed by atoms with Gasteiger partial charge in [0, 0.05) is 36.3 Å². The number of benzene rings is 1. The van der Waals surface area contributed by atoms with Crippen molar-refractivity contribution in [2.75, 3.05) is 31.1 Å². The summed E-state index contributed by atoms with van der Waals surface area (Å²) >= 11 is 0. The minimum Gasteiger partial charge on any atom is -0.356 e. The van der Waals surface area contributed by atoms with Crippen LogP contribution in [0.2, 0.25) is 0 Å². The molecule has 7 nitrogen and oxygen atoms in total. The Morgan fingerprint density at radius 2 is 1.94 bits per heavy atom. The molecule has 2 saturated heterocycles. The van der Waals surface area contributed by atoms with Crippen LogP contribution in [0.1, 0.15) is 36.4 Å². The molecule has 172 valence electrons. The van der Waals surface area contributed by atoms with Gasteiger partial charge in [-0.3, -0.25) is 14.3 Å². The SMILES string of the molecule is N#Cc1ccc(-c2nc(N3CCC4CNCC4C3)cc(=O)n2-c2ccc(C3CC3)nc2)cc1F. The molecule has 0 bridgehead atoms. The van der Waals surface area contributed by atoms with E-state index in [9.17, 15) is 9.18 Å². The zero-order valence-corrected chi connectivity index (χ0v) is 18.7. The number of halogens is 1. The molecule has 3 fully saturated rings. The lowest BCUT2D eigenvalue weighted by Gasteiger charge is -2.35. The van der Waals surface area contributed by atoms with Crippen LogP contribution >= 0.6 is 0 Å². The Balaban J connectivity index is 1.45. The summed E-state index contributed by atoms with van der Waals surface area (Å²) in [5.74, 6) is 2.03. The molecule has 1 aliphatic carbocycles. The molecule has 6 rings (SSSR count). The normalized spacial score (nSPS) is 21.8. The van der Waals surface area contributed by atoms with E-state index in [1.165, 1.54) is 16.7 Å². The van der Waals surface area contributed by atoms with Crippen LogP contribution in [0.25, 0.3) is 17.1 Å². The van der Waals surface area contributed by atoms with Gasteiger partial charge in [-0.2, -0.15) is 5.26 Å². The average Bonchev–Trinajstić information content (AvgIpc) is 3.60. The predicted octanol–water partition coefficient (Wildman–Crippen LogP) is 3.23. The molecular formula is C26H25FN6O. The lowest BCUT2D eigenvalue weighted by atomic mass is 9.89. The second-order valence-electron chi connectivity index (χ2n) is 9.55. The molecule has 2 aromatic heterocycles. The van der Waals surface area contributed by atoms with Gasteiger partial charge < -0.3 is 10.2 Å². The molecule has 3 aromatic rings. The molecule has 0 spiro atoms. The van der Waals surface area contributed by atoms with Crippen LogP contribution in [0.5, 0.6) is 0 Å². The first kappa shape index (κ1) is 21.0. The summed E-state index contributed by atoms with van der Waals surface area (Å²) in [6, 6.07) is 11.6. The van der Waals surface area contributed by atoms with Gasteiger partial charge in [0.25, 0.3) is 5.56 Å². The Labute approximate surface area is 196 Å². The van der Waals surface area contributed by atoms with Crippen LogP contribution in [0.3, 0.4) is 0 Å². The molecule has 1 aromatic carbocycles. The Morgan fingerprint density at radius 3 is 2.68 bits per heavy atom. The predicted molar refractivity (Wildman–Crippen MR) is 126 cm³/mol. The molecule has 4 heterocycles. The number of piperidine rings is 1. The summed E-state index contributed by atoms with van der Waals surface area (Å²) in [5, 5.41) is 12.6. The molecule has 2 unspecified atom stereocenters. The topological polar surface area (TPSA) is 86.8 Å². The quantitative estimate of drug-likeness (QED) is 0.649. The lowest BCUT2D eigenvalue weighted by Crippen LogP contribution is -2.41. The zero-order chi connectivity index (χ0) is 23.2. The molecule has 3 aliphatic rings. The van der Waals surface area contributed by atoms with Crippen molar-refractivity contribution in [3.8, 4) is 23.1 Å². The van der Waals surface area contributed by atoms with Gasteiger partial charge >= 0.3 is 0 Å². The highest BCUT2D eigenvalue weighted by molar-refractivity contribution is 5.62. The zero-order valence-electron chi connectivity index (χ0n) is 18.7. The highest BCUT2D eigenvalue weighted by atomic mass is 19.1. The Morgan fingerprint density at radius 1 is 1.09 bits per heavy atom. The van der Waals surface area contributed by atoms with Crippen LogP contribution in [0.4, 0.5) is 10.2 Å².